The number of allylic oxidation sites excluding steroid dienone is 3. The summed E-state index contributed by atoms with van der Waals surface area (Å²) in [5, 5.41) is 3.01. The summed E-state index contributed by atoms with van der Waals surface area (Å²) in [6.45, 7) is 36.4. The first-order valence-corrected chi connectivity index (χ1v) is 15.7. The Bertz CT molecular complexity index is 908. The standard InChI is InChI=1S/C21H34N2.C8H14N2.C5H10.C2H6.C2H2/c1-6-14-23(18(4)7-2)21-12-15-22(16-13-21)19(5)20-10-8-17(3)9-11-20;1-5-6-7(2)10-8(3)9-4;1-4-5(2)3;2*1-2/h8-11,18,21H,5-7,12-16H2,1-4H3;5H,1-2,6H2,3-4H3,(H,9,10);4H,1-3H3;1-2H3;1-2H. The summed E-state index contributed by atoms with van der Waals surface area (Å²) in [6, 6.07) is 10.2. The first kappa shape index (κ1) is 43.4. The second-order valence-electron chi connectivity index (χ2n) is 10.4. The molecule has 0 aromatic heterocycles. The average Bonchev–Trinajstić information content (AvgIpc) is 3.02. The van der Waals surface area contributed by atoms with E-state index >= 15 is 0 Å². The summed E-state index contributed by atoms with van der Waals surface area (Å²) < 4.78 is 0. The molecule has 1 fully saturated rings. The molecule has 1 aliphatic heterocycles. The number of nitrogens with one attached hydrogen (secondary N) is 1. The highest BCUT2D eigenvalue weighted by Crippen LogP contribution is 2.26. The second-order valence-corrected chi connectivity index (χ2v) is 10.4. The van der Waals surface area contributed by atoms with Crippen molar-refractivity contribution in [3.63, 3.8) is 0 Å². The molecule has 1 aliphatic rings. The zero-order chi connectivity index (χ0) is 33.1. The van der Waals surface area contributed by atoms with E-state index in [4.69, 9.17) is 0 Å². The third-order valence-electron chi connectivity index (χ3n) is 7.00. The molecular formula is C38H66N4. The van der Waals surface area contributed by atoms with Gasteiger partial charge in [0.05, 0.1) is 5.84 Å². The lowest BCUT2D eigenvalue weighted by molar-refractivity contribution is 0.0939. The van der Waals surface area contributed by atoms with Gasteiger partial charge in [0.15, 0.2) is 0 Å². The molecule has 2 rings (SSSR count). The number of hydrogen-bond acceptors (Lipinski definition) is 3. The molecule has 0 radical (unpaired) electrons. The lowest BCUT2D eigenvalue weighted by atomic mass is 9.98. The molecule has 238 valence electrons. The maximum absolute atomic E-state index is 4.35. The normalized spacial score (nSPS) is 13.2. The van der Waals surface area contributed by atoms with Crippen LogP contribution in [0.5, 0.6) is 0 Å². The van der Waals surface area contributed by atoms with Crippen molar-refractivity contribution >= 4 is 11.5 Å². The van der Waals surface area contributed by atoms with Crippen molar-refractivity contribution < 1.29 is 0 Å². The molecule has 1 aromatic rings. The van der Waals surface area contributed by atoms with E-state index in [-0.39, 0.29) is 0 Å². The number of rotatable bonds is 10. The van der Waals surface area contributed by atoms with Crippen LogP contribution in [0.3, 0.4) is 0 Å². The molecule has 1 atom stereocenters. The van der Waals surface area contributed by atoms with Crippen molar-refractivity contribution in [3.05, 3.63) is 78.6 Å². The minimum absolute atomic E-state index is 0.701. The molecule has 1 N–H and O–H groups in total. The largest absolute Gasteiger partial charge is 0.371 e. The van der Waals surface area contributed by atoms with Gasteiger partial charge in [-0.25, -0.2) is 0 Å². The second kappa shape index (κ2) is 28.1. The molecule has 0 aliphatic carbocycles. The minimum Gasteiger partial charge on any atom is -0.371 e. The number of nitrogens with zero attached hydrogens (tertiary/aromatic N) is 3. The van der Waals surface area contributed by atoms with E-state index in [9.17, 15) is 0 Å². The number of hydrogen-bond donors (Lipinski definition) is 1. The van der Waals surface area contributed by atoms with Gasteiger partial charge < -0.3 is 10.2 Å². The van der Waals surface area contributed by atoms with Crippen molar-refractivity contribution in [1.82, 2.24) is 15.1 Å². The Hall–Kier alpha value is -3.03. The summed E-state index contributed by atoms with van der Waals surface area (Å²) >= 11 is 0. The number of terminal acetylenes is 1. The zero-order valence-electron chi connectivity index (χ0n) is 29.4. The van der Waals surface area contributed by atoms with Gasteiger partial charge in [-0.1, -0.05) is 88.4 Å². The van der Waals surface area contributed by atoms with E-state index in [1.165, 1.54) is 54.6 Å². The number of aliphatic imine (C=N–C) groups is 1. The lowest BCUT2D eigenvalue weighted by Crippen LogP contribution is -2.48. The average molecular weight is 579 g/mol. The van der Waals surface area contributed by atoms with Crippen molar-refractivity contribution in [3.8, 4) is 12.8 Å². The Balaban J connectivity index is -0.000000664. The monoisotopic (exact) mass is 579 g/mol. The van der Waals surface area contributed by atoms with E-state index in [0.29, 0.717) is 6.04 Å². The van der Waals surface area contributed by atoms with Gasteiger partial charge in [0.1, 0.15) is 0 Å². The van der Waals surface area contributed by atoms with Crippen molar-refractivity contribution in [2.75, 3.05) is 26.7 Å². The first-order valence-electron chi connectivity index (χ1n) is 15.7. The summed E-state index contributed by atoms with van der Waals surface area (Å²) in [4.78, 5) is 9.14. The number of amidine groups is 1. The molecule has 4 nitrogen and oxygen atoms in total. The molecule has 1 unspecified atom stereocenters. The van der Waals surface area contributed by atoms with Gasteiger partial charge in [-0.15, -0.1) is 19.4 Å². The van der Waals surface area contributed by atoms with E-state index < -0.39 is 0 Å². The van der Waals surface area contributed by atoms with Crippen LogP contribution in [0.1, 0.15) is 106 Å². The van der Waals surface area contributed by atoms with Crippen LogP contribution in [0.2, 0.25) is 0 Å². The van der Waals surface area contributed by atoms with Crippen LogP contribution < -0.4 is 5.32 Å². The van der Waals surface area contributed by atoms with Crippen LogP contribution in [0.15, 0.2) is 72.4 Å². The molecule has 0 bridgehead atoms. The molecular weight excluding hydrogens is 512 g/mol. The molecule has 1 heterocycles. The quantitative estimate of drug-likeness (QED) is 0.130. The highest BCUT2D eigenvalue weighted by molar-refractivity contribution is 5.80. The summed E-state index contributed by atoms with van der Waals surface area (Å²) in [5.41, 5.74) is 6.07. The number of aryl methyl sites for hydroxylation is 1. The van der Waals surface area contributed by atoms with E-state index in [0.717, 1.165) is 37.1 Å². The topological polar surface area (TPSA) is 30.9 Å². The Labute approximate surface area is 262 Å². The summed E-state index contributed by atoms with van der Waals surface area (Å²) in [7, 11) is 1.74. The van der Waals surface area contributed by atoms with E-state index in [1.54, 1.807) is 13.1 Å². The first-order chi connectivity index (χ1) is 20.0. The highest BCUT2D eigenvalue weighted by Gasteiger charge is 2.27. The van der Waals surface area contributed by atoms with E-state index in [2.05, 4.69) is 125 Å². The van der Waals surface area contributed by atoms with Gasteiger partial charge in [-0.2, -0.15) is 0 Å². The maximum atomic E-state index is 4.35. The number of benzene rings is 1. The third kappa shape index (κ3) is 19.9. The fraction of sp³-hybridized carbons (Fsp3) is 0.553. The van der Waals surface area contributed by atoms with Gasteiger partial charge in [0, 0.05) is 50.0 Å². The lowest BCUT2D eigenvalue weighted by Gasteiger charge is -2.42. The summed E-state index contributed by atoms with van der Waals surface area (Å²) in [5.74, 6) is 0.881. The van der Waals surface area contributed by atoms with Crippen molar-refractivity contribution in [2.45, 2.75) is 113 Å². The molecule has 0 spiro atoms. The maximum Gasteiger partial charge on any atom is 0.0969 e. The Morgan fingerprint density at radius 3 is 1.98 bits per heavy atom. The third-order valence-corrected chi connectivity index (χ3v) is 7.00. The van der Waals surface area contributed by atoms with Gasteiger partial charge in [-0.05, 0) is 79.3 Å². The minimum atomic E-state index is 0.701. The highest BCUT2D eigenvalue weighted by atomic mass is 15.2. The Kier molecular flexibility index (Phi) is 29.1. The molecule has 0 saturated carbocycles. The number of likely N-dealkylation sites (tertiary alicyclic amines) is 1. The Morgan fingerprint density at radius 1 is 1.10 bits per heavy atom. The van der Waals surface area contributed by atoms with Crippen molar-refractivity contribution in [1.29, 1.82) is 0 Å². The van der Waals surface area contributed by atoms with E-state index in [1.807, 2.05) is 27.7 Å². The van der Waals surface area contributed by atoms with Crippen LogP contribution in [-0.2, 0) is 0 Å². The van der Waals surface area contributed by atoms with Gasteiger partial charge in [0.2, 0.25) is 0 Å². The number of piperidine rings is 1. The van der Waals surface area contributed by atoms with Gasteiger partial charge in [0.25, 0.3) is 0 Å². The molecule has 4 heteroatoms. The van der Waals surface area contributed by atoms with Crippen LogP contribution in [0.4, 0.5) is 0 Å². The van der Waals surface area contributed by atoms with Crippen LogP contribution in [-0.4, -0.2) is 54.4 Å². The predicted molar refractivity (Wildman–Crippen MR) is 194 cm³/mol. The van der Waals surface area contributed by atoms with Crippen LogP contribution >= 0.6 is 0 Å². The molecule has 0 amide bonds. The molecule has 1 saturated heterocycles. The van der Waals surface area contributed by atoms with Crippen LogP contribution in [0, 0.1) is 19.8 Å². The van der Waals surface area contributed by atoms with Gasteiger partial charge >= 0.3 is 0 Å². The molecule has 1 aromatic carbocycles. The Morgan fingerprint density at radius 2 is 1.60 bits per heavy atom. The van der Waals surface area contributed by atoms with Crippen molar-refractivity contribution in [2.24, 2.45) is 4.99 Å². The van der Waals surface area contributed by atoms with Crippen LogP contribution in [0.25, 0.3) is 5.70 Å². The summed E-state index contributed by atoms with van der Waals surface area (Å²) in [6.07, 6.45) is 17.7. The smallest absolute Gasteiger partial charge is 0.0969 e. The molecule has 42 heavy (non-hydrogen) atoms. The fourth-order valence-corrected chi connectivity index (χ4v) is 4.19. The van der Waals surface area contributed by atoms with Gasteiger partial charge in [-0.3, -0.25) is 9.89 Å². The fourth-order valence-electron chi connectivity index (χ4n) is 4.19. The zero-order valence-corrected chi connectivity index (χ0v) is 29.4. The SMILES string of the molecule is C#C.C=C(c1ccc(C)cc1)N1CCC(N(CCC)C(C)CC)CC1.C=CCC(=C)NC(C)=NC.CC.CC=C(C)C. The predicted octanol–water partition coefficient (Wildman–Crippen LogP) is 9.90.